The molecule has 1 aromatic carbocycles. The largest absolute Gasteiger partial charge is 0.319 e. The number of halogens is 1. The zero-order valence-corrected chi connectivity index (χ0v) is 11.5. The number of rotatable bonds is 3. The highest BCUT2D eigenvalue weighted by molar-refractivity contribution is 6.30. The van der Waals surface area contributed by atoms with Gasteiger partial charge in [-0.1, -0.05) is 23.7 Å². The van der Waals surface area contributed by atoms with Crippen molar-refractivity contribution in [2.75, 3.05) is 5.32 Å². The summed E-state index contributed by atoms with van der Waals surface area (Å²) < 4.78 is 0. The van der Waals surface area contributed by atoms with Crippen LogP contribution < -0.4 is 5.32 Å². The third kappa shape index (κ3) is 2.90. The molecule has 0 atom stereocenters. The molecule has 2 aromatic heterocycles. The van der Waals surface area contributed by atoms with Crippen LogP contribution in [0.5, 0.6) is 0 Å². The van der Waals surface area contributed by atoms with E-state index in [2.05, 4.69) is 25.7 Å². The number of aromatic nitrogens is 4. The van der Waals surface area contributed by atoms with Crippen LogP contribution in [0.4, 0.5) is 5.69 Å². The second kappa shape index (κ2) is 5.72. The van der Waals surface area contributed by atoms with Crippen LogP contribution in [0.1, 0.15) is 10.5 Å². The van der Waals surface area contributed by atoms with Gasteiger partial charge in [0.05, 0.1) is 11.9 Å². The molecule has 3 rings (SSSR count). The molecule has 0 fully saturated rings. The Balaban J connectivity index is 1.90. The number of hydrogen-bond donors (Lipinski definition) is 2. The highest BCUT2D eigenvalue weighted by Gasteiger charge is 2.18. The van der Waals surface area contributed by atoms with Crippen molar-refractivity contribution in [3.63, 3.8) is 0 Å². The van der Waals surface area contributed by atoms with Crippen LogP contribution in [0.3, 0.4) is 0 Å². The van der Waals surface area contributed by atoms with E-state index in [9.17, 15) is 4.79 Å². The second-order valence-corrected chi connectivity index (χ2v) is 4.66. The Morgan fingerprint density at radius 1 is 1.19 bits per heavy atom. The van der Waals surface area contributed by atoms with Crippen molar-refractivity contribution in [3.05, 3.63) is 59.5 Å². The Labute approximate surface area is 125 Å². The first-order valence-electron chi connectivity index (χ1n) is 6.12. The van der Waals surface area contributed by atoms with Crippen LogP contribution in [0.25, 0.3) is 11.3 Å². The highest BCUT2D eigenvalue weighted by atomic mass is 35.5. The van der Waals surface area contributed by atoms with Crippen molar-refractivity contribution < 1.29 is 4.79 Å². The van der Waals surface area contributed by atoms with Gasteiger partial charge in [0.15, 0.2) is 5.69 Å². The highest BCUT2D eigenvalue weighted by Crippen LogP contribution is 2.23. The van der Waals surface area contributed by atoms with E-state index in [0.29, 0.717) is 22.0 Å². The average molecular weight is 300 g/mol. The number of nitrogens with one attached hydrogen (secondary N) is 2. The monoisotopic (exact) mass is 299 g/mol. The van der Waals surface area contributed by atoms with Gasteiger partial charge < -0.3 is 5.32 Å². The molecule has 0 spiro atoms. The first-order valence-corrected chi connectivity index (χ1v) is 6.50. The Morgan fingerprint density at radius 2 is 2.10 bits per heavy atom. The number of carbonyl (C=O) groups excluding carboxylic acids is 1. The third-order valence-electron chi connectivity index (χ3n) is 2.78. The maximum atomic E-state index is 12.3. The van der Waals surface area contributed by atoms with Crippen LogP contribution in [0.15, 0.2) is 48.8 Å². The maximum absolute atomic E-state index is 12.3. The molecule has 2 heterocycles. The lowest BCUT2D eigenvalue weighted by molar-refractivity contribution is 0.102. The van der Waals surface area contributed by atoms with Crippen LogP contribution >= 0.6 is 11.6 Å². The Kier molecular flexibility index (Phi) is 3.61. The number of nitrogens with zero attached hydrogens (tertiary/aromatic N) is 3. The number of carbonyl (C=O) groups is 1. The molecule has 7 heteroatoms. The van der Waals surface area contributed by atoms with E-state index in [4.69, 9.17) is 11.6 Å². The van der Waals surface area contributed by atoms with Crippen LogP contribution in [-0.2, 0) is 0 Å². The van der Waals surface area contributed by atoms with Crippen molar-refractivity contribution in [1.29, 1.82) is 0 Å². The molecule has 21 heavy (non-hydrogen) atoms. The third-order valence-corrected chi connectivity index (χ3v) is 3.02. The lowest BCUT2D eigenvalue weighted by Gasteiger charge is -2.04. The first kappa shape index (κ1) is 13.3. The number of benzene rings is 1. The van der Waals surface area contributed by atoms with Crippen molar-refractivity contribution in [2.45, 2.75) is 0 Å². The number of amides is 1. The second-order valence-electron chi connectivity index (χ2n) is 4.23. The van der Waals surface area contributed by atoms with Crippen LogP contribution in [0, 0.1) is 0 Å². The van der Waals surface area contributed by atoms with E-state index in [0.717, 1.165) is 0 Å². The quantitative estimate of drug-likeness (QED) is 0.779. The molecular formula is C14H10ClN5O. The van der Waals surface area contributed by atoms with Crippen molar-refractivity contribution in [2.24, 2.45) is 0 Å². The van der Waals surface area contributed by atoms with E-state index in [1.54, 1.807) is 42.7 Å². The lowest BCUT2D eigenvalue weighted by Crippen LogP contribution is -2.13. The molecule has 0 aliphatic heterocycles. The molecule has 6 nitrogen and oxygen atoms in total. The van der Waals surface area contributed by atoms with Gasteiger partial charge in [-0.25, -0.2) is 0 Å². The van der Waals surface area contributed by atoms with Gasteiger partial charge in [-0.3, -0.25) is 9.78 Å². The van der Waals surface area contributed by atoms with Gasteiger partial charge >= 0.3 is 0 Å². The molecule has 1 amide bonds. The zero-order chi connectivity index (χ0) is 14.7. The molecule has 104 valence electrons. The molecule has 0 saturated carbocycles. The summed E-state index contributed by atoms with van der Waals surface area (Å²) in [6, 6.07) is 10.5. The van der Waals surface area contributed by atoms with Gasteiger partial charge in [-0.05, 0) is 24.3 Å². The summed E-state index contributed by atoms with van der Waals surface area (Å²) in [5, 5.41) is 13.7. The predicted molar refractivity (Wildman–Crippen MR) is 79.0 cm³/mol. The van der Waals surface area contributed by atoms with Gasteiger partial charge in [0.1, 0.15) is 5.69 Å². The summed E-state index contributed by atoms with van der Waals surface area (Å²) in [5.41, 5.74) is 1.94. The number of pyridine rings is 1. The average Bonchev–Trinajstić information content (AvgIpc) is 2.98. The standard InChI is InChI=1S/C14H10ClN5O/c15-10-4-1-3-9(7-10)12-13(19-20-18-12)14(21)17-11-5-2-6-16-8-11/h1-8H,(H,17,21)(H,18,19,20). The minimum Gasteiger partial charge on any atom is -0.319 e. The predicted octanol–water partition coefficient (Wildman–Crippen LogP) is 2.77. The zero-order valence-electron chi connectivity index (χ0n) is 10.7. The number of hydrogen-bond acceptors (Lipinski definition) is 4. The Morgan fingerprint density at radius 3 is 2.86 bits per heavy atom. The van der Waals surface area contributed by atoms with E-state index in [-0.39, 0.29) is 11.6 Å². The van der Waals surface area contributed by atoms with E-state index < -0.39 is 0 Å². The van der Waals surface area contributed by atoms with Gasteiger partial charge in [-0.15, -0.1) is 0 Å². The number of aromatic amines is 1. The molecule has 0 bridgehead atoms. The lowest BCUT2D eigenvalue weighted by atomic mass is 10.1. The first-order chi connectivity index (χ1) is 10.2. The van der Waals surface area contributed by atoms with Crippen LogP contribution in [0.2, 0.25) is 5.02 Å². The summed E-state index contributed by atoms with van der Waals surface area (Å²) in [7, 11) is 0. The van der Waals surface area contributed by atoms with Crippen molar-refractivity contribution in [3.8, 4) is 11.3 Å². The molecule has 0 aliphatic carbocycles. The van der Waals surface area contributed by atoms with Crippen molar-refractivity contribution in [1.82, 2.24) is 20.4 Å². The van der Waals surface area contributed by atoms with E-state index >= 15 is 0 Å². The van der Waals surface area contributed by atoms with Crippen molar-refractivity contribution >= 4 is 23.2 Å². The molecular weight excluding hydrogens is 290 g/mol. The summed E-state index contributed by atoms with van der Waals surface area (Å²) >= 11 is 5.96. The maximum Gasteiger partial charge on any atom is 0.278 e. The van der Waals surface area contributed by atoms with E-state index in [1.165, 1.54) is 0 Å². The summed E-state index contributed by atoms with van der Waals surface area (Å²) in [6.45, 7) is 0. The SMILES string of the molecule is O=C(Nc1cccnc1)c1n[nH]nc1-c1cccc(Cl)c1. The fraction of sp³-hybridized carbons (Fsp3) is 0. The fourth-order valence-corrected chi connectivity index (χ4v) is 2.04. The van der Waals surface area contributed by atoms with Gasteiger partial charge in [0, 0.05) is 16.8 Å². The van der Waals surface area contributed by atoms with Gasteiger partial charge in [0.2, 0.25) is 0 Å². The topological polar surface area (TPSA) is 83.6 Å². The molecule has 3 aromatic rings. The Hall–Kier alpha value is -2.73. The minimum atomic E-state index is -0.369. The molecule has 0 radical (unpaired) electrons. The van der Waals surface area contributed by atoms with Crippen LogP contribution in [-0.4, -0.2) is 26.3 Å². The van der Waals surface area contributed by atoms with E-state index in [1.807, 2.05) is 6.07 Å². The molecule has 0 unspecified atom stereocenters. The molecule has 0 aliphatic rings. The summed E-state index contributed by atoms with van der Waals surface area (Å²) in [4.78, 5) is 16.2. The van der Waals surface area contributed by atoms with Gasteiger partial charge in [0.25, 0.3) is 5.91 Å². The smallest absolute Gasteiger partial charge is 0.278 e. The molecule has 2 N–H and O–H groups in total. The minimum absolute atomic E-state index is 0.195. The normalized spacial score (nSPS) is 10.3. The summed E-state index contributed by atoms with van der Waals surface area (Å²) in [5.74, 6) is -0.369. The molecule has 0 saturated heterocycles. The van der Waals surface area contributed by atoms with Gasteiger partial charge in [-0.2, -0.15) is 15.4 Å². The fourth-order valence-electron chi connectivity index (χ4n) is 1.85. The number of H-pyrrole nitrogens is 1. The Bertz CT molecular complexity index is 772. The number of anilines is 1. The summed E-state index contributed by atoms with van der Waals surface area (Å²) in [6.07, 6.45) is 3.18.